The summed E-state index contributed by atoms with van der Waals surface area (Å²) in [5.41, 5.74) is 1.16. The Hall–Kier alpha value is -2.34. The number of aromatic nitrogens is 1. The molecule has 1 fully saturated rings. The maximum absolute atomic E-state index is 12.5. The minimum atomic E-state index is -1.03. The molecule has 1 aliphatic rings. The standard InChI is InChI=1S/C16H18N2O4/c19-15(12-5-1-3-10-6-7-17-13(10)12)18-14(16(20)21)11-4-2-8-22-9-11/h1,3,5-7,11,14,17H,2,4,8-9H2,(H,18,19)(H,20,21). The molecule has 2 unspecified atom stereocenters. The number of H-pyrrole nitrogens is 1. The van der Waals surface area contributed by atoms with E-state index in [0.29, 0.717) is 24.3 Å². The van der Waals surface area contributed by atoms with Crippen LogP contribution in [0.5, 0.6) is 0 Å². The van der Waals surface area contributed by atoms with Gasteiger partial charge in [0.25, 0.3) is 5.91 Å². The molecule has 1 amide bonds. The first-order valence-electron chi connectivity index (χ1n) is 7.34. The number of carboxylic acids is 1. The smallest absolute Gasteiger partial charge is 0.326 e. The Bertz CT molecular complexity index is 688. The molecule has 1 aromatic heterocycles. The molecule has 2 heterocycles. The van der Waals surface area contributed by atoms with Gasteiger partial charge in [-0.15, -0.1) is 0 Å². The summed E-state index contributed by atoms with van der Waals surface area (Å²) in [7, 11) is 0. The summed E-state index contributed by atoms with van der Waals surface area (Å²) in [6.07, 6.45) is 3.31. The predicted molar refractivity (Wildman–Crippen MR) is 80.7 cm³/mol. The highest BCUT2D eigenvalue weighted by Gasteiger charge is 2.31. The second-order valence-electron chi connectivity index (χ2n) is 5.51. The van der Waals surface area contributed by atoms with Gasteiger partial charge in [0.2, 0.25) is 0 Å². The third kappa shape index (κ3) is 2.82. The van der Waals surface area contributed by atoms with Crippen molar-refractivity contribution in [1.29, 1.82) is 0 Å². The van der Waals surface area contributed by atoms with Crippen LogP contribution >= 0.6 is 0 Å². The molecule has 0 saturated carbocycles. The number of aliphatic carboxylic acids is 1. The van der Waals surface area contributed by atoms with E-state index in [1.54, 1.807) is 18.3 Å². The molecule has 6 heteroatoms. The molecule has 0 bridgehead atoms. The Labute approximate surface area is 127 Å². The Morgan fingerprint density at radius 3 is 2.95 bits per heavy atom. The lowest BCUT2D eigenvalue weighted by molar-refractivity contribution is -0.142. The zero-order valence-electron chi connectivity index (χ0n) is 12.0. The van der Waals surface area contributed by atoms with E-state index in [4.69, 9.17) is 4.74 Å². The molecule has 3 N–H and O–H groups in total. The van der Waals surface area contributed by atoms with Gasteiger partial charge in [0.15, 0.2) is 0 Å². The number of amides is 1. The molecule has 2 atom stereocenters. The normalized spacial score (nSPS) is 19.7. The van der Waals surface area contributed by atoms with Gasteiger partial charge in [-0.1, -0.05) is 12.1 Å². The Morgan fingerprint density at radius 2 is 2.23 bits per heavy atom. The van der Waals surface area contributed by atoms with E-state index in [2.05, 4.69) is 10.3 Å². The number of hydrogen-bond acceptors (Lipinski definition) is 3. The zero-order chi connectivity index (χ0) is 15.5. The lowest BCUT2D eigenvalue weighted by Crippen LogP contribution is -2.48. The number of rotatable bonds is 4. The van der Waals surface area contributed by atoms with E-state index in [1.807, 2.05) is 12.1 Å². The quantitative estimate of drug-likeness (QED) is 0.803. The monoisotopic (exact) mass is 302 g/mol. The third-order valence-electron chi connectivity index (χ3n) is 4.05. The van der Waals surface area contributed by atoms with Crippen molar-refractivity contribution in [2.45, 2.75) is 18.9 Å². The van der Waals surface area contributed by atoms with Crippen LogP contribution < -0.4 is 5.32 Å². The van der Waals surface area contributed by atoms with E-state index in [1.165, 1.54) is 0 Å². The first-order valence-corrected chi connectivity index (χ1v) is 7.34. The molecule has 0 radical (unpaired) electrons. The largest absolute Gasteiger partial charge is 0.480 e. The topological polar surface area (TPSA) is 91.4 Å². The van der Waals surface area contributed by atoms with Gasteiger partial charge in [0, 0.05) is 24.1 Å². The first kappa shape index (κ1) is 14.6. The van der Waals surface area contributed by atoms with Crippen molar-refractivity contribution in [3.8, 4) is 0 Å². The van der Waals surface area contributed by atoms with Gasteiger partial charge in [-0.2, -0.15) is 0 Å². The van der Waals surface area contributed by atoms with Crippen molar-refractivity contribution in [1.82, 2.24) is 10.3 Å². The fourth-order valence-corrected chi connectivity index (χ4v) is 2.90. The summed E-state index contributed by atoms with van der Waals surface area (Å²) in [6, 6.07) is 6.30. The lowest BCUT2D eigenvalue weighted by atomic mass is 9.93. The average Bonchev–Trinajstić information content (AvgIpc) is 3.01. The van der Waals surface area contributed by atoms with Crippen LogP contribution in [-0.4, -0.2) is 41.2 Å². The highest BCUT2D eigenvalue weighted by molar-refractivity contribution is 6.06. The van der Waals surface area contributed by atoms with Crippen LogP contribution in [0.4, 0.5) is 0 Å². The summed E-state index contributed by atoms with van der Waals surface area (Å²) < 4.78 is 5.34. The number of nitrogens with one attached hydrogen (secondary N) is 2. The second-order valence-corrected chi connectivity index (χ2v) is 5.51. The Balaban J connectivity index is 1.81. The average molecular weight is 302 g/mol. The van der Waals surface area contributed by atoms with Gasteiger partial charge in [0.1, 0.15) is 6.04 Å². The second kappa shape index (κ2) is 6.19. The van der Waals surface area contributed by atoms with Gasteiger partial charge in [-0.05, 0) is 25.0 Å². The summed E-state index contributed by atoms with van der Waals surface area (Å²) in [5, 5.41) is 13.0. The van der Waals surface area contributed by atoms with E-state index in [0.717, 1.165) is 18.2 Å². The molecule has 2 aromatic rings. The molecule has 0 spiro atoms. The van der Waals surface area contributed by atoms with Crippen LogP contribution in [0.1, 0.15) is 23.2 Å². The number of fused-ring (bicyclic) bond motifs is 1. The van der Waals surface area contributed by atoms with E-state index < -0.39 is 12.0 Å². The number of carboxylic acid groups (broad SMARTS) is 1. The maximum Gasteiger partial charge on any atom is 0.326 e. The third-order valence-corrected chi connectivity index (χ3v) is 4.05. The minimum Gasteiger partial charge on any atom is -0.480 e. The van der Waals surface area contributed by atoms with Crippen LogP contribution in [-0.2, 0) is 9.53 Å². The number of carbonyl (C=O) groups excluding carboxylic acids is 1. The zero-order valence-corrected chi connectivity index (χ0v) is 12.0. The molecule has 1 aliphatic heterocycles. The molecule has 3 rings (SSSR count). The summed E-state index contributed by atoms with van der Waals surface area (Å²) in [5.74, 6) is -1.61. The van der Waals surface area contributed by atoms with Gasteiger partial charge in [0.05, 0.1) is 17.7 Å². The number of ether oxygens (including phenoxy) is 1. The van der Waals surface area contributed by atoms with Crippen LogP contribution in [0.25, 0.3) is 10.9 Å². The molecule has 116 valence electrons. The van der Waals surface area contributed by atoms with Crippen molar-refractivity contribution in [3.63, 3.8) is 0 Å². The SMILES string of the molecule is O=C(NC(C(=O)O)C1CCCOC1)c1cccc2cc[nH]c12. The molecule has 1 aromatic carbocycles. The van der Waals surface area contributed by atoms with Crippen molar-refractivity contribution in [2.24, 2.45) is 5.92 Å². The Morgan fingerprint density at radius 1 is 1.36 bits per heavy atom. The van der Waals surface area contributed by atoms with Crippen LogP contribution in [0.3, 0.4) is 0 Å². The molecule has 1 saturated heterocycles. The van der Waals surface area contributed by atoms with Crippen molar-refractivity contribution in [2.75, 3.05) is 13.2 Å². The van der Waals surface area contributed by atoms with Crippen molar-refractivity contribution in [3.05, 3.63) is 36.0 Å². The highest BCUT2D eigenvalue weighted by Crippen LogP contribution is 2.20. The lowest BCUT2D eigenvalue weighted by Gasteiger charge is -2.28. The van der Waals surface area contributed by atoms with Gasteiger partial charge in [-0.3, -0.25) is 4.79 Å². The number of carbonyl (C=O) groups is 2. The summed E-state index contributed by atoms with van der Waals surface area (Å²) in [6.45, 7) is 1.02. The van der Waals surface area contributed by atoms with Gasteiger partial charge < -0.3 is 20.1 Å². The van der Waals surface area contributed by atoms with Crippen molar-refractivity contribution >= 4 is 22.8 Å². The number of aromatic amines is 1. The molecule has 6 nitrogen and oxygen atoms in total. The Kier molecular flexibility index (Phi) is 4.11. The van der Waals surface area contributed by atoms with Crippen molar-refractivity contribution < 1.29 is 19.4 Å². The predicted octanol–water partition coefficient (Wildman–Crippen LogP) is 1.78. The summed E-state index contributed by atoms with van der Waals surface area (Å²) in [4.78, 5) is 27.0. The minimum absolute atomic E-state index is 0.196. The number of hydrogen-bond donors (Lipinski definition) is 3. The fraction of sp³-hybridized carbons (Fsp3) is 0.375. The highest BCUT2D eigenvalue weighted by atomic mass is 16.5. The van der Waals surface area contributed by atoms with Crippen LogP contribution in [0, 0.1) is 5.92 Å². The molecular formula is C16H18N2O4. The molecule has 0 aliphatic carbocycles. The number of benzene rings is 1. The first-order chi connectivity index (χ1) is 10.7. The molecular weight excluding hydrogens is 284 g/mol. The number of para-hydroxylation sites is 1. The van der Waals surface area contributed by atoms with E-state index >= 15 is 0 Å². The fourth-order valence-electron chi connectivity index (χ4n) is 2.90. The molecule has 22 heavy (non-hydrogen) atoms. The van der Waals surface area contributed by atoms with E-state index in [-0.39, 0.29) is 11.8 Å². The van der Waals surface area contributed by atoms with E-state index in [9.17, 15) is 14.7 Å². The van der Waals surface area contributed by atoms with Gasteiger partial charge >= 0.3 is 5.97 Å². The summed E-state index contributed by atoms with van der Waals surface area (Å²) >= 11 is 0. The maximum atomic E-state index is 12.5. The van der Waals surface area contributed by atoms with Crippen LogP contribution in [0.15, 0.2) is 30.5 Å². The van der Waals surface area contributed by atoms with Gasteiger partial charge in [-0.25, -0.2) is 4.79 Å². The van der Waals surface area contributed by atoms with Crippen LogP contribution in [0.2, 0.25) is 0 Å².